The van der Waals surface area contributed by atoms with Gasteiger partial charge in [0.1, 0.15) is 5.82 Å². The van der Waals surface area contributed by atoms with Gasteiger partial charge in [-0.25, -0.2) is 9.18 Å². The summed E-state index contributed by atoms with van der Waals surface area (Å²) in [5.74, 6) is -2.24. The van der Waals surface area contributed by atoms with Crippen LogP contribution in [0.3, 0.4) is 0 Å². The van der Waals surface area contributed by atoms with E-state index in [0.717, 1.165) is 6.08 Å². The Hall–Kier alpha value is -3.49. The number of carbonyl (C=O) groups is 2. The molecular weight excluding hydrogens is 379 g/mol. The lowest BCUT2D eigenvalue weighted by molar-refractivity contribution is -0.142. The van der Waals surface area contributed by atoms with E-state index in [2.05, 4.69) is 10.1 Å². The minimum absolute atomic E-state index is 0.0303. The molecular formula is C19H16F3NO5. The maximum atomic E-state index is 13.4. The molecule has 0 unspecified atom stereocenters. The van der Waals surface area contributed by atoms with Crippen molar-refractivity contribution in [3.05, 3.63) is 59.9 Å². The Morgan fingerprint density at radius 2 is 1.89 bits per heavy atom. The molecule has 0 saturated heterocycles. The van der Waals surface area contributed by atoms with Gasteiger partial charge >= 0.3 is 12.6 Å². The van der Waals surface area contributed by atoms with E-state index in [1.54, 1.807) is 6.07 Å². The van der Waals surface area contributed by atoms with Gasteiger partial charge in [0.25, 0.3) is 5.91 Å². The van der Waals surface area contributed by atoms with Crippen molar-refractivity contribution in [1.29, 1.82) is 0 Å². The average Bonchev–Trinajstić information content (AvgIpc) is 2.67. The summed E-state index contributed by atoms with van der Waals surface area (Å²) < 4.78 is 52.0. The predicted octanol–water partition coefficient (Wildman–Crippen LogP) is 3.63. The van der Waals surface area contributed by atoms with Gasteiger partial charge in [-0.1, -0.05) is 18.2 Å². The number of hydrogen-bond donors (Lipinski definition) is 1. The quantitative estimate of drug-likeness (QED) is 0.546. The van der Waals surface area contributed by atoms with Crippen LogP contribution in [-0.2, 0) is 14.3 Å². The van der Waals surface area contributed by atoms with Crippen molar-refractivity contribution in [2.45, 2.75) is 6.61 Å². The molecule has 9 heteroatoms. The number of methoxy groups -OCH3 is 1. The van der Waals surface area contributed by atoms with Crippen LogP contribution < -0.4 is 14.8 Å². The van der Waals surface area contributed by atoms with E-state index >= 15 is 0 Å². The number of rotatable bonds is 8. The molecule has 2 aromatic rings. The van der Waals surface area contributed by atoms with Gasteiger partial charge in [0.2, 0.25) is 0 Å². The third-order valence-electron chi connectivity index (χ3n) is 3.31. The lowest BCUT2D eigenvalue weighted by Crippen LogP contribution is -2.20. The van der Waals surface area contributed by atoms with E-state index in [0.29, 0.717) is 5.56 Å². The molecule has 0 radical (unpaired) electrons. The van der Waals surface area contributed by atoms with Gasteiger partial charge in [0.05, 0.1) is 12.8 Å². The van der Waals surface area contributed by atoms with E-state index < -0.39 is 30.9 Å². The second kappa shape index (κ2) is 10.0. The molecule has 0 fully saturated rings. The number of carbonyl (C=O) groups excluding carboxylic acids is 2. The Balaban J connectivity index is 1.89. The first-order chi connectivity index (χ1) is 13.4. The van der Waals surface area contributed by atoms with Crippen LogP contribution in [0.2, 0.25) is 0 Å². The number of hydrogen-bond acceptors (Lipinski definition) is 5. The molecule has 0 aliphatic rings. The van der Waals surface area contributed by atoms with Gasteiger partial charge in [0.15, 0.2) is 18.1 Å². The summed E-state index contributed by atoms with van der Waals surface area (Å²) in [5, 5.41) is 2.27. The number of halogens is 3. The molecule has 1 amide bonds. The second-order valence-electron chi connectivity index (χ2n) is 5.26. The Morgan fingerprint density at radius 3 is 2.57 bits per heavy atom. The summed E-state index contributed by atoms with van der Waals surface area (Å²) >= 11 is 0. The van der Waals surface area contributed by atoms with Crippen LogP contribution in [0, 0.1) is 5.82 Å². The zero-order valence-electron chi connectivity index (χ0n) is 14.7. The molecule has 0 spiro atoms. The van der Waals surface area contributed by atoms with Crippen molar-refractivity contribution in [3.8, 4) is 11.5 Å². The first-order valence-electron chi connectivity index (χ1n) is 7.91. The van der Waals surface area contributed by atoms with Crippen molar-refractivity contribution >= 4 is 23.6 Å². The highest BCUT2D eigenvalue weighted by molar-refractivity contribution is 5.94. The van der Waals surface area contributed by atoms with Crippen molar-refractivity contribution in [1.82, 2.24) is 0 Å². The van der Waals surface area contributed by atoms with Crippen molar-refractivity contribution in [2.24, 2.45) is 0 Å². The molecule has 2 rings (SSSR count). The number of alkyl halides is 2. The Morgan fingerprint density at radius 1 is 1.14 bits per heavy atom. The molecule has 1 N–H and O–H groups in total. The topological polar surface area (TPSA) is 73.9 Å². The van der Waals surface area contributed by atoms with Crippen LogP contribution in [0.4, 0.5) is 18.9 Å². The zero-order chi connectivity index (χ0) is 20.5. The van der Waals surface area contributed by atoms with E-state index in [-0.39, 0.29) is 17.2 Å². The normalized spacial score (nSPS) is 10.8. The fraction of sp³-hybridized carbons (Fsp3) is 0.158. The Labute approximate surface area is 158 Å². The molecule has 6 nitrogen and oxygen atoms in total. The number of benzene rings is 2. The van der Waals surface area contributed by atoms with E-state index in [1.165, 1.54) is 49.6 Å². The van der Waals surface area contributed by atoms with Crippen LogP contribution >= 0.6 is 0 Å². The van der Waals surface area contributed by atoms with Crippen LogP contribution in [0.1, 0.15) is 5.56 Å². The molecule has 0 aliphatic carbocycles. The van der Waals surface area contributed by atoms with E-state index in [4.69, 9.17) is 9.47 Å². The van der Waals surface area contributed by atoms with Crippen LogP contribution in [0.5, 0.6) is 11.5 Å². The van der Waals surface area contributed by atoms with Crippen LogP contribution in [0.25, 0.3) is 6.08 Å². The zero-order valence-corrected chi connectivity index (χ0v) is 14.7. The number of esters is 1. The van der Waals surface area contributed by atoms with Gasteiger partial charge in [-0.05, 0) is 35.9 Å². The average molecular weight is 395 g/mol. The largest absolute Gasteiger partial charge is 0.493 e. The maximum absolute atomic E-state index is 13.4. The number of ether oxygens (including phenoxy) is 3. The molecule has 0 aliphatic heterocycles. The summed E-state index contributed by atoms with van der Waals surface area (Å²) in [7, 11) is 1.28. The number of nitrogens with one attached hydrogen (secondary N) is 1. The SMILES string of the molecule is COc1cc(/C=C/C(=O)OCC(=O)Nc2ccccc2F)ccc1OC(F)F. The minimum atomic E-state index is -3.00. The summed E-state index contributed by atoms with van der Waals surface area (Å²) in [5.41, 5.74) is 0.420. The second-order valence-corrected chi connectivity index (χ2v) is 5.26. The maximum Gasteiger partial charge on any atom is 0.387 e. The lowest BCUT2D eigenvalue weighted by atomic mass is 10.2. The number of amides is 1. The van der Waals surface area contributed by atoms with Crippen LogP contribution in [0.15, 0.2) is 48.5 Å². The van der Waals surface area contributed by atoms with Crippen molar-refractivity contribution in [3.63, 3.8) is 0 Å². The monoisotopic (exact) mass is 395 g/mol. The smallest absolute Gasteiger partial charge is 0.387 e. The number of para-hydroxylation sites is 1. The Bertz CT molecular complexity index is 870. The predicted molar refractivity (Wildman–Crippen MR) is 94.6 cm³/mol. The van der Waals surface area contributed by atoms with Gasteiger partial charge < -0.3 is 19.5 Å². The van der Waals surface area contributed by atoms with Crippen LogP contribution in [-0.4, -0.2) is 32.2 Å². The van der Waals surface area contributed by atoms with Gasteiger partial charge in [-0.15, -0.1) is 0 Å². The Kier molecular flexibility index (Phi) is 7.44. The highest BCUT2D eigenvalue weighted by Crippen LogP contribution is 2.29. The lowest BCUT2D eigenvalue weighted by Gasteiger charge is -2.10. The fourth-order valence-electron chi connectivity index (χ4n) is 2.08. The fourth-order valence-corrected chi connectivity index (χ4v) is 2.08. The molecule has 0 bridgehead atoms. The van der Waals surface area contributed by atoms with Gasteiger partial charge in [-0.2, -0.15) is 8.78 Å². The molecule has 2 aromatic carbocycles. The standard InChI is InChI=1S/C19H16F3NO5/c1-26-16-10-12(6-8-15(16)28-19(21)22)7-9-18(25)27-11-17(24)23-14-5-3-2-4-13(14)20/h2-10,19H,11H2,1H3,(H,23,24)/b9-7+. The summed E-state index contributed by atoms with van der Waals surface area (Å²) in [6.45, 7) is -3.61. The summed E-state index contributed by atoms with van der Waals surface area (Å²) in [4.78, 5) is 23.4. The molecule has 0 atom stereocenters. The molecule has 28 heavy (non-hydrogen) atoms. The highest BCUT2D eigenvalue weighted by Gasteiger charge is 2.11. The number of anilines is 1. The molecule has 148 valence electrons. The third-order valence-corrected chi connectivity index (χ3v) is 3.31. The molecule has 0 saturated carbocycles. The van der Waals surface area contributed by atoms with E-state index in [9.17, 15) is 22.8 Å². The first kappa shape index (κ1) is 20.8. The van der Waals surface area contributed by atoms with Gasteiger partial charge in [0, 0.05) is 6.08 Å². The van der Waals surface area contributed by atoms with Crippen molar-refractivity contribution in [2.75, 3.05) is 19.0 Å². The van der Waals surface area contributed by atoms with Crippen molar-refractivity contribution < 1.29 is 37.0 Å². The first-order valence-corrected chi connectivity index (χ1v) is 7.91. The molecule has 0 heterocycles. The summed E-state index contributed by atoms with van der Waals surface area (Å²) in [6.07, 6.45) is 2.38. The molecule has 0 aromatic heterocycles. The third kappa shape index (κ3) is 6.35. The summed E-state index contributed by atoms with van der Waals surface area (Å²) in [6, 6.07) is 9.62. The minimum Gasteiger partial charge on any atom is -0.493 e. The van der Waals surface area contributed by atoms with Gasteiger partial charge in [-0.3, -0.25) is 4.79 Å². The van der Waals surface area contributed by atoms with E-state index in [1.807, 2.05) is 0 Å². The highest BCUT2D eigenvalue weighted by atomic mass is 19.3.